The maximum absolute atomic E-state index is 5.80. The van der Waals surface area contributed by atoms with E-state index in [0.717, 1.165) is 11.1 Å². The maximum atomic E-state index is 5.80. The third-order valence-corrected chi connectivity index (χ3v) is 3.87. The summed E-state index contributed by atoms with van der Waals surface area (Å²) >= 11 is 0. The van der Waals surface area contributed by atoms with Gasteiger partial charge < -0.3 is 11.5 Å². The molecule has 5 N–H and O–H groups in total. The van der Waals surface area contributed by atoms with Crippen LogP contribution >= 0.6 is 0 Å². The van der Waals surface area contributed by atoms with E-state index >= 15 is 0 Å². The van der Waals surface area contributed by atoms with Crippen molar-refractivity contribution in [1.29, 1.82) is 0 Å². The molecule has 2 aromatic carbocycles. The predicted octanol–water partition coefficient (Wildman–Crippen LogP) is 4.86. The fourth-order valence-electron chi connectivity index (χ4n) is 2.28. The number of H-pyrrole nitrogens is 1. The van der Waals surface area contributed by atoms with Gasteiger partial charge in [0.1, 0.15) is 0 Å². The minimum Gasteiger partial charge on any atom is -0.397 e. The Morgan fingerprint density at radius 2 is 1.64 bits per heavy atom. The van der Waals surface area contributed by atoms with E-state index in [1.807, 2.05) is 43.3 Å². The summed E-state index contributed by atoms with van der Waals surface area (Å²) < 4.78 is 0. The zero-order valence-electron chi connectivity index (χ0n) is 15.0. The molecule has 0 radical (unpaired) electrons. The zero-order chi connectivity index (χ0) is 18.2. The van der Waals surface area contributed by atoms with Crippen LogP contribution in [0.4, 0.5) is 11.4 Å². The van der Waals surface area contributed by atoms with Crippen LogP contribution in [-0.4, -0.2) is 10.2 Å². The van der Waals surface area contributed by atoms with Gasteiger partial charge in [-0.2, -0.15) is 5.10 Å². The topological polar surface area (TPSA) is 80.7 Å². The third-order valence-electron chi connectivity index (χ3n) is 3.87. The average molecular weight is 334 g/mol. The van der Waals surface area contributed by atoms with Crippen LogP contribution in [-0.2, 0) is 0 Å². The highest BCUT2D eigenvalue weighted by Gasteiger charge is 1.99. The molecule has 0 amide bonds. The van der Waals surface area contributed by atoms with Crippen LogP contribution in [0.15, 0.2) is 54.7 Å². The summed E-state index contributed by atoms with van der Waals surface area (Å²) in [4.78, 5) is 0. The lowest BCUT2D eigenvalue weighted by Crippen LogP contribution is -1.96. The lowest BCUT2D eigenvalue weighted by atomic mass is 10.0. The van der Waals surface area contributed by atoms with Crippen molar-refractivity contribution < 1.29 is 0 Å². The largest absolute Gasteiger partial charge is 0.397 e. The number of nitrogens with two attached hydrogens (primary N) is 2. The highest BCUT2D eigenvalue weighted by molar-refractivity contribution is 5.76. The van der Waals surface area contributed by atoms with Crippen molar-refractivity contribution in [1.82, 2.24) is 10.2 Å². The number of anilines is 2. The molecule has 0 saturated heterocycles. The van der Waals surface area contributed by atoms with Gasteiger partial charge in [0.25, 0.3) is 0 Å². The molecular weight excluding hydrogens is 308 g/mol. The van der Waals surface area contributed by atoms with Gasteiger partial charge in [-0.3, -0.25) is 5.10 Å². The van der Waals surface area contributed by atoms with Gasteiger partial charge >= 0.3 is 0 Å². The van der Waals surface area contributed by atoms with Crippen molar-refractivity contribution in [2.24, 2.45) is 0 Å². The van der Waals surface area contributed by atoms with E-state index in [1.54, 1.807) is 6.20 Å². The number of benzene rings is 2. The molecule has 0 aliphatic heterocycles. The first-order valence-electron chi connectivity index (χ1n) is 8.35. The molecule has 0 spiro atoms. The summed E-state index contributed by atoms with van der Waals surface area (Å²) in [5.41, 5.74) is 17.4. The van der Waals surface area contributed by atoms with Crippen LogP contribution in [0.3, 0.4) is 0 Å². The van der Waals surface area contributed by atoms with Gasteiger partial charge in [0.2, 0.25) is 0 Å². The fourth-order valence-corrected chi connectivity index (χ4v) is 2.28. The van der Waals surface area contributed by atoms with Crippen molar-refractivity contribution in [3.8, 4) is 0 Å². The molecule has 0 fully saturated rings. The highest BCUT2D eigenvalue weighted by Crippen LogP contribution is 2.22. The number of nitrogens with one attached hydrogen (secondary N) is 1. The summed E-state index contributed by atoms with van der Waals surface area (Å²) in [5.74, 6) is 0.567. The monoisotopic (exact) mass is 334 g/mol. The molecular formula is C21H26N4. The lowest BCUT2D eigenvalue weighted by Gasteiger charge is -2.05. The second kappa shape index (κ2) is 8.73. The van der Waals surface area contributed by atoms with Crippen LogP contribution in [0.25, 0.3) is 12.2 Å². The van der Waals surface area contributed by atoms with Crippen molar-refractivity contribution in [3.63, 3.8) is 0 Å². The Morgan fingerprint density at radius 1 is 0.960 bits per heavy atom. The van der Waals surface area contributed by atoms with Gasteiger partial charge in [-0.05, 0) is 47.7 Å². The molecule has 0 unspecified atom stereocenters. The number of aromatic nitrogens is 2. The van der Waals surface area contributed by atoms with E-state index < -0.39 is 0 Å². The standard InChI is InChI=1S/C15H16N2.C6H10N2/c1-11-9-14(16)15(17)10-13(11)8-7-12-5-3-2-4-6-12;1-5(2)6-3-4-7-8-6/h2-10H,16-17H2,1H3;3-5H,1-2H3,(H,7,8). The van der Waals surface area contributed by atoms with Gasteiger partial charge in [-0.25, -0.2) is 0 Å². The van der Waals surface area contributed by atoms with Crippen molar-refractivity contribution >= 4 is 23.5 Å². The van der Waals surface area contributed by atoms with Gasteiger partial charge in [-0.15, -0.1) is 0 Å². The Kier molecular flexibility index (Phi) is 6.40. The number of hydrogen-bond donors (Lipinski definition) is 3. The molecule has 25 heavy (non-hydrogen) atoms. The first-order chi connectivity index (χ1) is 12.0. The van der Waals surface area contributed by atoms with Crippen molar-refractivity contribution in [2.45, 2.75) is 26.7 Å². The van der Waals surface area contributed by atoms with Crippen LogP contribution in [0, 0.1) is 6.92 Å². The van der Waals surface area contributed by atoms with E-state index in [0.29, 0.717) is 17.3 Å². The summed E-state index contributed by atoms with van der Waals surface area (Å²) in [6, 6.07) is 16.0. The Bertz CT molecular complexity index is 803. The summed E-state index contributed by atoms with van der Waals surface area (Å²) in [6.07, 6.45) is 5.90. The zero-order valence-corrected chi connectivity index (χ0v) is 15.0. The lowest BCUT2D eigenvalue weighted by molar-refractivity contribution is 0.810. The molecule has 1 aromatic heterocycles. The maximum Gasteiger partial charge on any atom is 0.0553 e. The molecule has 3 aromatic rings. The minimum atomic E-state index is 0.567. The highest BCUT2D eigenvalue weighted by atomic mass is 15.1. The third kappa shape index (κ3) is 5.53. The second-order valence-electron chi connectivity index (χ2n) is 6.25. The number of rotatable bonds is 3. The van der Waals surface area contributed by atoms with Gasteiger partial charge in [0.05, 0.1) is 11.4 Å². The van der Waals surface area contributed by atoms with E-state index in [1.165, 1.54) is 11.3 Å². The molecule has 0 atom stereocenters. The number of aromatic amines is 1. The molecule has 3 rings (SSSR count). The molecule has 1 heterocycles. The average Bonchev–Trinajstić information content (AvgIpc) is 3.13. The Labute approximate surface area is 149 Å². The van der Waals surface area contributed by atoms with E-state index in [-0.39, 0.29) is 0 Å². The van der Waals surface area contributed by atoms with Crippen LogP contribution in [0.1, 0.15) is 42.1 Å². The van der Waals surface area contributed by atoms with Crippen molar-refractivity contribution in [3.05, 3.63) is 77.1 Å². The number of nitrogen functional groups attached to an aromatic ring is 2. The number of nitrogens with zero attached hydrogens (tertiary/aromatic N) is 1. The molecule has 0 aliphatic rings. The second-order valence-corrected chi connectivity index (χ2v) is 6.25. The molecule has 0 aliphatic carbocycles. The predicted molar refractivity (Wildman–Crippen MR) is 108 cm³/mol. The molecule has 4 heteroatoms. The minimum absolute atomic E-state index is 0.567. The van der Waals surface area contributed by atoms with Crippen LogP contribution in [0.5, 0.6) is 0 Å². The Balaban J connectivity index is 0.000000236. The molecule has 130 valence electrons. The van der Waals surface area contributed by atoms with E-state index in [9.17, 15) is 0 Å². The first kappa shape index (κ1) is 18.3. The molecule has 4 nitrogen and oxygen atoms in total. The number of hydrogen-bond acceptors (Lipinski definition) is 3. The van der Waals surface area contributed by atoms with Crippen molar-refractivity contribution in [2.75, 3.05) is 11.5 Å². The number of aryl methyl sites for hydroxylation is 1. The fraction of sp³-hybridized carbons (Fsp3) is 0.190. The summed E-state index contributed by atoms with van der Waals surface area (Å²) in [5, 5.41) is 6.70. The molecule has 0 saturated carbocycles. The van der Waals surface area contributed by atoms with Crippen LogP contribution in [0.2, 0.25) is 0 Å². The van der Waals surface area contributed by atoms with Gasteiger partial charge in [0, 0.05) is 11.9 Å². The SMILES string of the molecule is CC(C)c1ccn[nH]1.Cc1cc(N)c(N)cc1C=Cc1ccccc1. The Hall–Kier alpha value is -3.01. The van der Waals surface area contributed by atoms with E-state index in [4.69, 9.17) is 11.5 Å². The quantitative estimate of drug-likeness (QED) is 0.472. The van der Waals surface area contributed by atoms with E-state index in [2.05, 4.69) is 48.3 Å². The first-order valence-corrected chi connectivity index (χ1v) is 8.35. The Morgan fingerprint density at radius 3 is 2.20 bits per heavy atom. The smallest absolute Gasteiger partial charge is 0.0553 e. The van der Waals surface area contributed by atoms with Gasteiger partial charge in [-0.1, -0.05) is 56.3 Å². The summed E-state index contributed by atoms with van der Waals surface area (Å²) in [7, 11) is 0. The van der Waals surface area contributed by atoms with Crippen LogP contribution < -0.4 is 11.5 Å². The van der Waals surface area contributed by atoms with Gasteiger partial charge in [0.15, 0.2) is 0 Å². The summed E-state index contributed by atoms with van der Waals surface area (Å²) in [6.45, 7) is 6.29. The normalized spacial score (nSPS) is 10.7. The molecule has 0 bridgehead atoms.